The van der Waals surface area contributed by atoms with E-state index in [2.05, 4.69) is 295 Å². The molecule has 0 fully saturated rings. The minimum absolute atomic E-state index is 0.0551. The van der Waals surface area contributed by atoms with Crippen LogP contribution in [0.2, 0.25) is 0 Å². The first-order chi connectivity index (χ1) is 34.2. The van der Waals surface area contributed by atoms with Crippen molar-refractivity contribution < 1.29 is 0 Å². The van der Waals surface area contributed by atoms with Gasteiger partial charge in [-0.2, -0.15) is 0 Å². The maximum atomic E-state index is 3.96. The topological polar surface area (TPSA) is 6.48 Å². The van der Waals surface area contributed by atoms with Crippen LogP contribution in [0.15, 0.2) is 278 Å². The summed E-state index contributed by atoms with van der Waals surface area (Å²) >= 11 is 0. The Labute approximate surface area is 405 Å². The number of hydrogen-bond donors (Lipinski definition) is 0. The summed E-state index contributed by atoms with van der Waals surface area (Å²) in [7, 11) is 0. The number of para-hydroxylation sites is 2. The van der Waals surface area contributed by atoms with Crippen LogP contribution in [-0.4, -0.2) is 0 Å². The summed E-state index contributed by atoms with van der Waals surface area (Å²) in [6.07, 6.45) is 12.9. The zero-order valence-electron chi connectivity index (χ0n) is 38.5. The summed E-state index contributed by atoms with van der Waals surface area (Å²) in [4.78, 5) is 4.76. The Bertz CT molecular complexity index is 3510. The minimum Gasteiger partial charge on any atom is -0.309 e. The molecular weight excluding hydrogens is 833 g/mol. The van der Waals surface area contributed by atoms with Crippen molar-refractivity contribution in [3.8, 4) is 11.1 Å². The van der Waals surface area contributed by atoms with Crippen LogP contribution in [0.1, 0.15) is 40.7 Å². The van der Waals surface area contributed by atoms with Crippen molar-refractivity contribution in [2.24, 2.45) is 0 Å². The van der Waals surface area contributed by atoms with Crippen molar-refractivity contribution >= 4 is 67.8 Å². The van der Waals surface area contributed by atoms with Gasteiger partial charge in [0.15, 0.2) is 0 Å². The van der Waals surface area contributed by atoms with Gasteiger partial charge in [-0.3, -0.25) is 0 Å². The molecule has 0 saturated carbocycles. The molecule has 10 aromatic rings. The molecule has 1 unspecified atom stereocenters. The van der Waals surface area contributed by atoms with Gasteiger partial charge in [0.1, 0.15) is 0 Å². The predicted molar refractivity (Wildman–Crippen MR) is 295 cm³/mol. The SMILES string of the molecule is C/C=C\C=C/C1=C=C(N(c2ccccc2)c2ccc(/C=C/c3ccc(N(c4ccccc4)c4c5ccccc5c(-c5ccccc5)c5ccccc45)cc3)cc2)c2ccccc2C1c1ccccc1. The maximum absolute atomic E-state index is 3.96. The fraction of sp³-hybridized carbons (Fsp3) is 0.0299. The first kappa shape index (κ1) is 42.7. The van der Waals surface area contributed by atoms with Crippen LogP contribution in [0.25, 0.3) is 50.5 Å². The Morgan fingerprint density at radius 2 is 0.841 bits per heavy atom. The van der Waals surface area contributed by atoms with Gasteiger partial charge in [-0.15, -0.1) is 0 Å². The molecule has 0 saturated heterocycles. The van der Waals surface area contributed by atoms with E-state index in [1.807, 2.05) is 6.92 Å². The van der Waals surface area contributed by atoms with E-state index in [4.69, 9.17) is 0 Å². The van der Waals surface area contributed by atoms with Crippen molar-refractivity contribution in [3.05, 3.63) is 306 Å². The Morgan fingerprint density at radius 1 is 0.391 bits per heavy atom. The normalized spacial score (nSPS) is 13.5. The summed E-state index contributed by atoms with van der Waals surface area (Å²) in [6, 6.07) is 87.2. The summed E-state index contributed by atoms with van der Waals surface area (Å²) in [6.45, 7) is 2.05. The fourth-order valence-electron chi connectivity index (χ4n) is 9.89. The summed E-state index contributed by atoms with van der Waals surface area (Å²) in [5, 5.41) is 4.86. The number of benzene rings is 10. The third-order valence-electron chi connectivity index (χ3n) is 13.0. The molecule has 328 valence electrons. The van der Waals surface area contributed by atoms with Crippen LogP contribution in [0.5, 0.6) is 0 Å². The van der Waals surface area contributed by atoms with Gasteiger partial charge in [-0.25, -0.2) is 0 Å². The zero-order valence-corrected chi connectivity index (χ0v) is 38.5. The second kappa shape index (κ2) is 19.5. The van der Waals surface area contributed by atoms with Gasteiger partial charge in [-0.1, -0.05) is 236 Å². The average Bonchev–Trinajstić information content (AvgIpc) is 3.42. The van der Waals surface area contributed by atoms with Crippen molar-refractivity contribution in [2.75, 3.05) is 9.80 Å². The molecule has 10 aromatic carbocycles. The van der Waals surface area contributed by atoms with Crippen molar-refractivity contribution in [3.63, 3.8) is 0 Å². The van der Waals surface area contributed by atoms with Gasteiger partial charge in [0.05, 0.1) is 11.4 Å². The second-order valence-corrected chi connectivity index (χ2v) is 17.3. The highest BCUT2D eigenvalue weighted by molar-refractivity contribution is 6.22. The van der Waals surface area contributed by atoms with Crippen LogP contribution in [0, 0.1) is 0 Å². The summed E-state index contributed by atoms with van der Waals surface area (Å²) in [5.41, 5.74) is 20.0. The lowest BCUT2D eigenvalue weighted by molar-refractivity contribution is 0.960. The molecule has 0 radical (unpaired) electrons. The molecule has 69 heavy (non-hydrogen) atoms. The monoisotopic (exact) mass is 882 g/mol. The quantitative estimate of drug-likeness (QED) is 0.0522. The van der Waals surface area contributed by atoms with Gasteiger partial charge in [-0.05, 0) is 99.6 Å². The van der Waals surface area contributed by atoms with Crippen LogP contribution in [0.4, 0.5) is 28.4 Å². The minimum atomic E-state index is 0.0551. The summed E-state index contributed by atoms with van der Waals surface area (Å²) in [5.74, 6) is 0.0551. The Hall–Kier alpha value is -8.94. The Kier molecular flexibility index (Phi) is 12.1. The number of nitrogens with zero attached hydrogens (tertiary/aromatic N) is 2. The predicted octanol–water partition coefficient (Wildman–Crippen LogP) is 18.3. The molecule has 0 aromatic heterocycles. The number of hydrogen-bond acceptors (Lipinski definition) is 2. The van der Waals surface area contributed by atoms with Crippen molar-refractivity contribution in [1.82, 2.24) is 0 Å². The van der Waals surface area contributed by atoms with Crippen molar-refractivity contribution in [1.29, 1.82) is 0 Å². The molecular formula is C67H50N2. The molecule has 0 bridgehead atoms. The van der Waals surface area contributed by atoms with E-state index in [1.54, 1.807) is 0 Å². The van der Waals surface area contributed by atoms with Crippen LogP contribution in [-0.2, 0) is 0 Å². The van der Waals surface area contributed by atoms with E-state index in [0.717, 1.165) is 45.1 Å². The molecule has 0 spiro atoms. The first-order valence-corrected chi connectivity index (χ1v) is 23.8. The van der Waals surface area contributed by atoms with Crippen LogP contribution in [0.3, 0.4) is 0 Å². The lowest BCUT2D eigenvalue weighted by Crippen LogP contribution is -2.20. The maximum Gasteiger partial charge on any atom is 0.0970 e. The van der Waals surface area contributed by atoms with Gasteiger partial charge < -0.3 is 9.80 Å². The summed E-state index contributed by atoms with van der Waals surface area (Å²) < 4.78 is 0. The van der Waals surface area contributed by atoms with Crippen LogP contribution < -0.4 is 9.80 Å². The smallest absolute Gasteiger partial charge is 0.0970 e. The molecule has 1 aliphatic carbocycles. The van der Waals surface area contributed by atoms with E-state index >= 15 is 0 Å². The van der Waals surface area contributed by atoms with E-state index in [-0.39, 0.29) is 5.92 Å². The Morgan fingerprint density at radius 3 is 1.41 bits per heavy atom. The average molecular weight is 883 g/mol. The van der Waals surface area contributed by atoms with E-state index in [1.165, 1.54) is 55.0 Å². The van der Waals surface area contributed by atoms with E-state index in [9.17, 15) is 0 Å². The second-order valence-electron chi connectivity index (χ2n) is 17.3. The standard InChI is InChI=1S/C67H50N2/c1-2-3-8-27-53-48-64(58-32-17-18-33-59(58)65(53)51-23-9-4-10-24-51)68(54-28-13-6-14-29-54)56-44-40-49(41-45-56)38-39-50-42-46-57(47-43-50)69(55-30-15-7-16-31-55)67-62-36-21-19-34-60(62)66(52-25-11-5-12-26-52)61-35-20-22-37-63(61)67/h2-47,65H,1H3/b3-2-,27-8-,39-38+. The zero-order chi connectivity index (χ0) is 46.4. The molecule has 2 nitrogen and oxygen atoms in total. The molecule has 2 heteroatoms. The van der Waals surface area contributed by atoms with Gasteiger partial charge in [0.2, 0.25) is 0 Å². The molecule has 0 N–H and O–H groups in total. The molecule has 0 heterocycles. The van der Waals surface area contributed by atoms with Gasteiger partial charge in [0.25, 0.3) is 0 Å². The number of fused-ring (bicyclic) bond motifs is 3. The fourth-order valence-corrected chi connectivity index (χ4v) is 9.89. The largest absolute Gasteiger partial charge is 0.309 e. The number of rotatable bonds is 12. The molecule has 1 aliphatic rings. The third kappa shape index (κ3) is 8.54. The van der Waals surface area contributed by atoms with Crippen LogP contribution >= 0.6 is 0 Å². The van der Waals surface area contributed by atoms with E-state index in [0.29, 0.717) is 0 Å². The Balaban J connectivity index is 0.950. The molecule has 0 aliphatic heterocycles. The molecule has 1 atom stereocenters. The highest BCUT2D eigenvalue weighted by Gasteiger charge is 2.29. The molecule has 11 rings (SSSR count). The lowest BCUT2D eigenvalue weighted by atomic mass is 9.79. The number of allylic oxidation sites excluding steroid dienone is 5. The van der Waals surface area contributed by atoms with E-state index < -0.39 is 0 Å². The third-order valence-corrected chi connectivity index (χ3v) is 13.0. The molecule has 0 amide bonds. The van der Waals surface area contributed by atoms with Crippen molar-refractivity contribution in [2.45, 2.75) is 12.8 Å². The lowest BCUT2D eigenvalue weighted by Gasteiger charge is -2.32. The van der Waals surface area contributed by atoms with Gasteiger partial charge in [0, 0.05) is 50.6 Å². The van der Waals surface area contributed by atoms with Gasteiger partial charge >= 0.3 is 0 Å². The first-order valence-electron chi connectivity index (χ1n) is 23.8. The highest BCUT2D eigenvalue weighted by atomic mass is 15.2. The number of anilines is 5. The highest BCUT2D eigenvalue weighted by Crippen LogP contribution is 2.48.